The minimum atomic E-state index is -0.239. The van der Waals surface area contributed by atoms with Gasteiger partial charge in [0.05, 0.1) is 0 Å². The Hall–Kier alpha value is -1.84. The number of amides is 2. The summed E-state index contributed by atoms with van der Waals surface area (Å²) in [6.07, 6.45) is 1.97. The largest absolute Gasteiger partial charge is 0.335 e. The number of hydrogen-bond donors (Lipinski definition) is 2. The lowest BCUT2D eigenvalue weighted by atomic mass is 10.1. The Bertz CT molecular complexity index is 430. The maximum absolute atomic E-state index is 11.7. The molecule has 1 aromatic carbocycles. The quantitative estimate of drug-likeness (QED) is 0.786. The number of carbonyl (C=O) groups is 2. The highest BCUT2D eigenvalue weighted by Crippen LogP contribution is 2.11. The second-order valence-electron chi connectivity index (χ2n) is 4.43. The molecule has 0 aliphatic heterocycles. The van der Waals surface area contributed by atoms with Crippen LogP contribution < -0.4 is 10.6 Å². The van der Waals surface area contributed by atoms with Gasteiger partial charge in [-0.25, -0.2) is 4.79 Å². The van der Waals surface area contributed by atoms with Crippen LogP contribution in [0, 0.1) is 0 Å². The van der Waals surface area contributed by atoms with Crippen LogP contribution in [0.4, 0.5) is 10.5 Å². The molecule has 98 valence electrons. The van der Waals surface area contributed by atoms with Gasteiger partial charge in [-0.2, -0.15) is 0 Å². The van der Waals surface area contributed by atoms with Crippen molar-refractivity contribution in [3.05, 3.63) is 29.8 Å². The first kappa shape index (κ1) is 14.2. The van der Waals surface area contributed by atoms with E-state index in [9.17, 15) is 9.59 Å². The summed E-state index contributed by atoms with van der Waals surface area (Å²) in [7, 11) is 0. The van der Waals surface area contributed by atoms with Gasteiger partial charge in [-0.3, -0.25) is 4.79 Å². The second-order valence-corrected chi connectivity index (χ2v) is 4.43. The number of anilines is 1. The Morgan fingerprint density at radius 3 is 2.67 bits per heavy atom. The molecule has 0 spiro atoms. The third-order valence-electron chi connectivity index (χ3n) is 2.63. The van der Waals surface area contributed by atoms with Crippen LogP contribution >= 0.6 is 0 Å². The van der Waals surface area contributed by atoms with Crippen molar-refractivity contribution in [1.82, 2.24) is 5.32 Å². The Labute approximate surface area is 108 Å². The van der Waals surface area contributed by atoms with Crippen molar-refractivity contribution >= 4 is 17.5 Å². The molecule has 0 saturated carbocycles. The summed E-state index contributed by atoms with van der Waals surface area (Å²) in [5.74, 6) is -0.0154. The molecule has 0 aliphatic carbocycles. The van der Waals surface area contributed by atoms with Crippen molar-refractivity contribution in [2.75, 3.05) is 5.32 Å². The molecule has 0 bridgehead atoms. The van der Waals surface area contributed by atoms with Crippen LogP contribution in [0.25, 0.3) is 0 Å². The summed E-state index contributed by atoms with van der Waals surface area (Å²) in [6.45, 7) is 5.55. The fraction of sp³-hybridized carbons (Fsp3) is 0.429. The fourth-order valence-electron chi connectivity index (χ4n) is 1.71. The van der Waals surface area contributed by atoms with E-state index in [0.29, 0.717) is 11.3 Å². The zero-order valence-electron chi connectivity index (χ0n) is 11.1. The molecule has 0 radical (unpaired) electrons. The van der Waals surface area contributed by atoms with Crippen molar-refractivity contribution in [1.29, 1.82) is 0 Å². The highest BCUT2D eigenvalue weighted by atomic mass is 16.2. The van der Waals surface area contributed by atoms with Gasteiger partial charge in [-0.15, -0.1) is 0 Å². The molecule has 1 rings (SSSR count). The molecule has 0 aromatic heterocycles. The highest BCUT2D eigenvalue weighted by Gasteiger charge is 2.07. The molecular formula is C14H20N2O2. The molecule has 1 aromatic rings. The van der Waals surface area contributed by atoms with Crippen LogP contribution in [0.3, 0.4) is 0 Å². The molecule has 0 aliphatic rings. The first-order chi connectivity index (χ1) is 8.52. The fourth-order valence-corrected chi connectivity index (χ4v) is 1.71. The van der Waals surface area contributed by atoms with Crippen LogP contribution in [0.5, 0.6) is 0 Å². The van der Waals surface area contributed by atoms with Crippen LogP contribution in [0.15, 0.2) is 24.3 Å². The van der Waals surface area contributed by atoms with Gasteiger partial charge in [-0.1, -0.05) is 25.5 Å². The molecule has 0 unspecified atom stereocenters. The van der Waals surface area contributed by atoms with Crippen LogP contribution in [0.1, 0.15) is 44.0 Å². The Balaban J connectivity index is 2.59. The average molecular weight is 248 g/mol. The summed E-state index contributed by atoms with van der Waals surface area (Å²) in [5.41, 5.74) is 1.22. The maximum Gasteiger partial charge on any atom is 0.319 e. The average Bonchev–Trinajstić information content (AvgIpc) is 2.29. The lowest BCUT2D eigenvalue weighted by molar-refractivity contribution is 0.101. The van der Waals surface area contributed by atoms with Gasteiger partial charge < -0.3 is 10.6 Å². The van der Waals surface area contributed by atoms with Gasteiger partial charge in [0.2, 0.25) is 0 Å². The van der Waals surface area contributed by atoms with Gasteiger partial charge in [0.25, 0.3) is 0 Å². The van der Waals surface area contributed by atoms with Gasteiger partial charge in [-0.05, 0) is 32.4 Å². The summed E-state index contributed by atoms with van der Waals surface area (Å²) in [5, 5.41) is 5.57. The second kappa shape index (κ2) is 6.79. The number of benzene rings is 1. The van der Waals surface area contributed by atoms with E-state index in [1.54, 1.807) is 24.3 Å². The zero-order chi connectivity index (χ0) is 13.5. The molecule has 2 amide bonds. The number of Topliss-reactive ketones (excluding diaryl/α,β-unsaturated/α-hetero) is 1. The normalized spacial score (nSPS) is 11.7. The van der Waals surface area contributed by atoms with E-state index < -0.39 is 0 Å². The standard InChI is InChI=1S/C14H20N2O2/c1-4-6-10(2)15-14(18)16-13-8-5-7-12(9-13)11(3)17/h5,7-10H,4,6H2,1-3H3,(H2,15,16,18)/t10-/m0/s1. The van der Waals surface area contributed by atoms with E-state index >= 15 is 0 Å². The molecule has 1 atom stereocenters. The lowest BCUT2D eigenvalue weighted by Gasteiger charge is -2.13. The molecule has 4 heteroatoms. The van der Waals surface area contributed by atoms with Gasteiger partial charge in [0, 0.05) is 17.3 Å². The van der Waals surface area contributed by atoms with Crippen LogP contribution in [-0.2, 0) is 0 Å². The van der Waals surface area contributed by atoms with E-state index in [4.69, 9.17) is 0 Å². The molecule has 0 heterocycles. The third-order valence-corrected chi connectivity index (χ3v) is 2.63. The number of carbonyl (C=O) groups excluding carboxylic acids is 2. The highest BCUT2D eigenvalue weighted by molar-refractivity contribution is 5.96. The van der Waals surface area contributed by atoms with Crippen molar-refractivity contribution < 1.29 is 9.59 Å². The molecular weight excluding hydrogens is 228 g/mol. The van der Waals surface area contributed by atoms with Crippen molar-refractivity contribution in [3.8, 4) is 0 Å². The van der Waals surface area contributed by atoms with E-state index in [1.165, 1.54) is 6.92 Å². The van der Waals surface area contributed by atoms with Crippen LogP contribution in [-0.4, -0.2) is 17.9 Å². The first-order valence-corrected chi connectivity index (χ1v) is 6.21. The lowest BCUT2D eigenvalue weighted by Crippen LogP contribution is -2.35. The molecule has 4 nitrogen and oxygen atoms in total. The number of rotatable bonds is 5. The van der Waals surface area contributed by atoms with Crippen LogP contribution in [0.2, 0.25) is 0 Å². The molecule has 2 N–H and O–H groups in total. The third kappa shape index (κ3) is 4.57. The van der Waals surface area contributed by atoms with E-state index in [-0.39, 0.29) is 17.9 Å². The molecule has 0 fully saturated rings. The minimum Gasteiger partial charge on any atom is -0.335 e. The smallest absolute Gasteiger partial charge is 0.319 e. The minimum absolute atomic E-state index is 0.0154. The van der Waals surface area contributed by atoms with Gasteiger partial charge in [0.1, 0.15) is 0 Å². The van der Waals surface area contributed by atoms with Crippen molar-refractivity contribution in [2.24, 2.45) is 0 Å². The summed E-state index contributed by atoms with van der Waals surface area (Å²) in [6, 6.07) is 6.82. The monoisotopic (exact) mass is 248 g/mol. The Morgan fingerprint density at radius 1 is 1.33 bits per heavy atom. The van der Waals surface area contributed by atoms with E-state index in [2.05, 4.69) is 17.6 Å². The number of hydrogen-bond acceptors (Lipinski definition) is 2. The van der Waals surface area contributed by atoms with Crippen molar-refractivity contribution in [2.45, 2.75) is 39.7 Å². The molecule has 0 saturated heterocycles. The summed E-state index contributed by atoms with van der Waals surface area (Å²) < 4.78 is 0. The Kier molecular flexibility index (Phi) is 5.36. The predicted octanol–water partition coefficient (Wildman–Crippen LogP) is 3.20. The Morgan fingerprint density at radius 2 is 2.06 bits per heavy atom. The number of ketones is 1. The number of nitrogens with one attached hydrogen (secondary N) is 2. The van der Waals surface area contributed by atoms with Gasteiger partial charge >= 0.3 is 6.03 Å². The van der Waals surface area contributed by atoms with E-state index in [1.807, 2.05) is 6.92 Å². The van der Waals surface area contributed by atoms with E-state index in [0.717, 1.165) is 12.8 Å². The molecule has 18 heavy (non-hydrogen) atoms. The van der Waals surface area contributed by atoms with Gasteiger partial charge in [0.15, 0.2) is 5.78 Å². The SMILES string of the molecule is CCC[C@H](C)NC(=O)Nc1cccc(C(C)=O)c1. The predicted molar refractivity (Wildman–Crippen MR) is 73.0 cm³/mol. The topological polar surface area (TPSA) is 58.2 Å². The van der Waals surface area contributed by atoms with Crippen molar-refractivity contribution in [3.63, 3.8) is 0 Å². The summed E-state index contributed by atoms with van der Waals surface area (Å²) in [4.78, 5) is 22.9. The number of urea groups is 1. The zero-order valence-corrected chi connectivity index (χ0v) is 11.1. The maximum atomic E-state index is 11.7. The first-order valence-electron chi connectivity index (χ1n) is 6.21. The summed E-state index contributed by atoms with van der Waals surface area (Å²) >= 11 is 0.